The quantitative estimate of drug-likeness (QED) is 0.609. The van der Waals surface area contributed by atoms with Gasteiger partial charge in [0.2, 0.25) is 11.8 Å². The molecule has 1 heterocycles. The van der Waals surface area contributed by atoms with E-state index in [2.05, 4.69) is 10.9 Å². The lowest BCUT2D eigenvalue weighted by atomic mass is 10.2. The number of hydrogen-bond acceptors (Lipinski definition) is 4. The summed E-state index contributed by atoms with van der Waals surface area (Å²) >= 11 is 0.817. The molecule has 1 aliphatic heterocycles. The maximum atomic E-state index is 13.4. The van der Waals surface area contributed by atoms with E-state index in [1.807, 2.05) is 0 Å². The Bertz CT molecular complexity index is 658. The fraction of sp³-hybridized carbons (Fsp3) is 0.438. The highest BCUT2D eigenvalue weighted by Gasteiger charge is 2.19. The normalized spacial score (nSPS) is 14.8. The van der Waals surface area contributed by atoms with E-state index in [1.54, 1.807) is 0 Å². The van der Waals surface area contributed by atoms with Crippen molar-refractivity contribution in [1.82, 2.24) is 15.8 Å². The molecule has 0 atom stereocenters. The van der Waals surface area contributed by atoms with Crippen LogP contribution in [0.15, 0.2) is 23.1 Å². The zero-order chi connectivity index (χ0) is 18.2. The van der Waals surface area contributed by atoms with Gasteiger partial charge in [0, 0.05) is 17.9 Å². The summed E-state index contributed by atoms with van der Waals surface area (Å²) < 4.78 is 26.5. The fourth-order valence-electron chi connectivity index (χ4n) is 2.33. The number of nitrogens with one attached hydrogen (secondary N) is 2. The van der Waals surface area contributed by atoms with Crippen molar-refractivity contribution in [2.24, 2.45) is 0 Å². The van der Waals surface area contributed by atoms with E-state index in [0.29, 0.717) is 13.0 Å². The van der Waals surface area contributed by atoms with Crippen LogP contribution in [0.2, 0.25) is 0 Å². The molecule has 0 aliphatic carbocycles. The molecule has 25 heavy (non-hydrogen) atoms. The predicted molar refractivity (Wildman–Crippen MR) is 88.4 cm³/mol. The van der Waals surface area contributed by atoms with Gasteiger partial charge in [-0.05, 0) is 31.0 Å². The van der Waals surface area contributed by atoms with Crippen molar-refractivity contribution in [1.29, 1.82) is 0 Å². The van der Waals surface area contributed by atoms with Crippen molar-refractivity contribution in [3.63, 3.8) is 0 Å². The standard InChI is InChI=1S/C16H19F2N3O3S/c17-11-5-6-12(18)13(8-11)25-10-15(23)20-19-14(22)9-21-7-3-1-2-4-16(21)24/h5-6,8H,1-4,7,9-10H2,(H,19,22)(H,20,23). The van der Waals surface area contributed by atoms with Gasteiger partial charge in [-0.15, -0.1) is 11.8 Å². The second kappa shape index (κ2) is 9.36. The molecule has 0 aromatic heterocycles. The van der Waals surface area contributed by atoms with Crippen LogP contribution in [0.3, 0.4) is 0 Å². The van der Waals surface area contributed by atoms with Gasteiger partial charge in [-0.3, -0.25) is 25.2 Å². The van der Waals surface area contributed by atoms with Gasteiger partial charge in [-0.2, -0.15) is 0 Å². The highest BCUT2D eigenvalue weighted by atomic mass is 32.2. The Labute approximate surface area is 148 Å². The van der Waals surface area contributed by atoms with Crippen LogP contribution in [0, 0.1) is 11.6 Å². The van der Waals surface area contributed by atoms with Crippen LogP contribution in [0.1, 0.15) is 25.7 Å². The van der Waals surface area contributed by atoms with Crippen molar-refractivity contribution < 1.29 is 23.2 Å². The van der Waals surface area contributed by atoms with Crippen molar-refractivity contribution in [3.8, 4) is 0 Å². The minimum absolute atomic E-state index is 0.0108. The van der Waals surface area contributed by atoms with Crippen molar-refractivity contribution in [2.45, 2.75) is 30.6 Å². The van der Waals surface area contributed by atoms with Gasteiger partial charge in [0.05, 0.1) is 5.75 Å². The first kappa shape index (κ1) is 19.2. The maximum Gasteiger partial charge on any atom is 0.257 e. The van der Waals surface area contributed by atoms with E-state index in [0.717, 1.165) is 49.2 Å². The van der Waals surface area contributed by atoms with Crippen LogP contribution < -0.4 is 10.9 Å². The molecule has 9 heteroatoms. The molecule has 1 saturated heterocycles. The summed E-state index contributed by atoms with van der Waals surface area (Å²) in [6, 6.07) is 2.97. The average molecular weight is 371 g/mol. The molecular weight excluding hydrogens is 352 g/mol. The molecule has 0 saturated carbocycles. The Morgan fingerprint density at radius 2 is 1.88 bits per heavy atom. The number of likely N-dealkylation sites (tertiary alicyclic amines) is 1. The number of halogens is 2. The molecule has 1 aromatic rings. The van der Waals surface area contributed by atoms with E-state index in [-0.39, 0.29) is 23.1 Å². The minimum Gasteiger partial charge on any atom is -0.333 e. The van der Waals surface area contributed by atoms with Gasteiger partial charge in [0.25, 0.3) is 5.91 Å². The van der Waals surface area contributed by atoms with Crippen molar-refractivity contribution in [2.75, 3.05) is 18.8 Å². The molecule has 1 fully saturated rings. The Balaban J connectivity index is 1.72. The number of rotatable bonds is 5. The van der Waals surface area contributed by atoms with Crippen molar-refractivity contribution >= 4 is 29.5 Å². The van der Waals surface area contributed by atoms with Gasteiger partial charge in [0.15, 0.2) is 0 Å². The molecule has 0 spiro atoms. The lowest BCUT2D eigenvalue weighted by molar-refractivity contribution is -0.136. The largest absolute Gasteiger partial charge is 0.333 e. The summed E-state index contributed by atoms with van der Waals surface area (Å²) in [6.07, 6.45) is 3.05. The third-order valence-corrected chi connectivity index (χ3v) is 4.63. The first-order valence-electron chi connectivity index (χ1n) is 7.89. The second-order valence-corrected chi connectivity index (χ2v) is 6.60. The zero-order valence-corrected chi connectivity index (χ0v) is 14.3. The summed E-state index contributed by atoms with van der Waals surface area (Å²) in [5, 5.41) is 0. The van der Waals surface area contributed by atoms with Gasteiger partial charge in [-0.25, -0.2) is 8.78 Å². The van der Waals surface area contributed by atoms with Crippen LogP contribution in [0.5, 0.6) is 0 Å². The van der Waals surface area contributed by atoms with Crippen molar-refractivity contribution in [3.05, 3.63) is 29.8 Å². The molecule has 6 nitrogen and oxygen atoms in total. The molecular formula is C16H19F2N3O3S. The molecule has 2 N–H and O–H groups in total. The maximum absolute atomic E-state index is 13.4. The molecule has 0 bridgehead atoms. The Kier molecular flexibility index (Phi) is 7.17. The fourth-order valence-corrected chi connectivity index (χ4v) is 3.09. The lowest BCUT2D eigenvalue weighted by Crippen LogP contribution is -2.48. The minimum atomic E-state index is -0.622. The average Bonchev–Trinajstić information content (AvgIpc) is 2.78. The number of hydrazine groups is 1. The highest BCUT2D eigenvalue weighted by Crippen LogP contribution is 2.22. The van der Waals surface area contributed by atoms with Gasteiger partial charge in [0.1, 0.15) is 18.2 Å². The van der Waals surface area contributed by atoms with Crippen LogP contribution in [-0.4, -0.2) is 41.5 Å². The molecule has 0 radical (unpaired) electrons. The SMILES string of the molecule is O=C(CSc1cc(F)ccc1F)NNC(=O)CN1CCCCCC1=O. The summed E-state index contributed by atoms with van der Waals surface area (Å²) in [5.74, 6) is -2.56. The van der Waals surface area contributed by atoms with Crippen LogP contribution in [0.4, 0.5) is 8.78 Å². The van der Waals surface area contributed by atoms with Gasteiger partial charge >= 0.3 is 0 Å². The number of carbonyl (C=O) groups is 3. The molecule has 3 amide bonds. The summed E-state index contributed by atoms with van der Waals surface area (Å²) in [5.41, 5.74) is 4.41. The predicted octanol–water partition coefficient (Wildman–Crippen LogP) is 1.61. The zero-order valence-electron chi connectivity index (χ0n) is 13.5. The topological polar surface area (TPSA) is 78.5 Å². The van der Waals surface area contributed by atoms with E-state index in [4.69, 9.17) is 0 Å². The third kappa shape index (κ3) is 6.33. The van der Waals surface area contributed by atoms with Gasteiger partial charge < -0.3 is 4.90 Å². The van der Waals surface area contributed by atoms with Crippen LogP contribution >= 0.6 is 11.8 Å². The first-order valence-corrected chi connectivity index (χ1v) is 8.87. The Hall–Kier alpha value is -2.16. The second-order valence-electron chi connectivity index (χ2n) is 5.59. The number of thioether (sulfide) groups is 1. The molecule has 2 rings (SSSR count). The summed E-state index contributed by atoms with van der Waals surface area (Å²) in [7, 11) is 0. The number of nitrogens with zero attached hydrogens (tertiary/aromatic N) is 1. The van der Waals surface area contributed by atoms with Crippen LogP contribution in [0.25, 0.3) is 0 Å². The van der Waals surface area contributed by atoms with Crippen LogP contribution in [-0.2, 0) is 14.4 Å². The Morgan fingerprint density at radius 3 is 2.68 bits per heavy atom. The van der Waals surface area contributed by atoms with E-state index in [1.165, 1.54) is 4.90 Å². The number of carbonyl (C=O) groups excluding carboxylic acids is 3. The molecule has 1 aromatic carbocycles. The molecule has 1 aliphatic rings. The number of benzene rings is 1. The highest BCUT2D eigenvalue weighted by molar-refractivity contribution is 8.00. The lowest BCUT2D eigenvalue weighted by Gasteiger charge is -2.19. The molecule has 0 unspecified atom stereocenters. The number of amides is 3. The Morgan fingerprint density at radius 1 is 1.12 bits per heavy atom. The van der Waals surface area contributed by atoms with E-state index in [9.17, 15) is 23.2 Å². The van der Waals surface area contributed by atoms with E-state index >= 15 is 0 Å². The monoisotopic (exact) mass is 371 g/mol. The number of hydrogen-bond donors (Lipinski definition) is 2. The van der Waals surface area contributed by atoms with E-state index < -0.39 is 23.4 Å². The summed E-state index contributed by atoms with van der Waals surface area (Å²) in [6.45, 7) is 0.402. The third-order valence-electron chi connectivity index (χ3n) is 3.60. The summed E-state index contributed by atoms with van der Waals surface area (Å²) in [4.78, 5) is 36.8. The first-order chi connectivity index (χ1) is 12.0. The van der Waals surface area contributed by atoms with Gasteiger partial charge in [-0.1, -0.05) is 6.42 Å². The smallest absolute Gasteiger partial charge is 0.257 e. The molecule has 136 valence electrons.